The summed E-state index contributed by atoms with van der Waals surface area (Å²) >= 11 is 0. The van der Waals surface area contributed by atoms with E-state index in [2.05, 4.69) is 22.0 Å². The molecule has 0 aromatic carbocycles. The summed E-state index contributed by atoms with van der Waals surface area (Å²) in [5.41, 5.74) is 1.13. The number of hydrogen-bond acceptors (Lipinski definition) is 3. The highest BCUT2D eigenvalue weighted by Crippen LogP contribution is 1.99. The molecule has 2 heterocycles. The fourth-order valence-electron chi connectivity index (χ4n) is 1.45. The smallest absolute Gasteiger partial charge is 0.122 e. The molecule has 1 N–H and O–H groups in total. The van der Waals surface area contributed by atoms with Gasteiger partial charge in [-0.15, -0.1) is 0 Å². The van der Waals surface area contributed by atoms with Gasteiger partial charge in [0.05, 0.1) is 12.7 Å². The van der Waals surface area contributed by atoms with Gasteiger partial charge in [0.25, 0.3) is 0 Å². The Labute approximate surface area is 94.4 Å². The zero-order valence-electron chi connectivity index (χ0n) is 9.30. The summed E-state index contributed by atoms with van der Waals surface area (Å²) in [4.78, 5) is 4.23. The first-order valence-corrected chi connectivity index (χ1v) is 5.12. The van der Waals surface area contributed by atoms with Crippen LogP contribution < -0.4 is 5.32 Å². The van der Waals surface area contributed by atoms with Crippen LogP contribution in [-0.4, -0.2) is 19.3 Å². The lowest BCUT2D eigenvalue weighted by Gasteiger charge is -2.02. The fourth-order valence-corrected chi connectivity index (χ4v) is 1.45. The van der Waals surface area contributed by atoms with Crippen LogP contribution in [0.25, 0.3) is 6.20 Å². The van der Waals surface area contributed by atoms with Crippen molar-refractivity contribution in [1.29, 1.82) is 0 Å². The Morgan fingerprint density at radius 1 is 1.50 bits per heavy atom. The number of hydrogen-bond donors (Lipinski definition) is 1. The van der Waals surface area contributed by atoms with Crippen molar-refractivity contribution >= 4 is 6.20 Å². The second-order valence-electron chi connectivity index (χ2n) is 3.57. The highest BCUT2D eigenvalue weighted by Gasteiger charge is 1.99. The van der Waals surface area contributed by atoms with E-state index in [1.807, 2.05) is 30.2 Å². The van der Waals surface area contributed by atoms with Crippen molar-refractivity contribution in [1.82, 2.24) is 24.6 Å². The predicted molar refractivity (Wildman–Crippen MR) is 62.4 cm³/mol. The van der Waals surface area contributed by atoms with E-state index in [0.29, 0.717) is 0 Å². The molecule has 0 atom stereocenters. The molecule has 0 amide bonds. The summed E-state index contributed by atoms with van der Waals surface area (Å²) < 4.78 is 3.69. The number of aromatic nitrogens is 4. The lowest BCUT2D eigenvalue weighted by Crippen LogP contribution is -2.15. The van der Waals surface area contributed by atoms with E-state index < -0.39 is 0 Å². The zero-order chi connectivity index (χ0) is 11.4. The van der Waals surface area contributed by atoms with Crippen molar-refractivity contribution < 1.29 is 0 Å². The van der Waals surface area contributed by atoms with E-state index >= 15 is 0 Å². The van der Waals surface area contributed by atoms with Crippen molar-refractivity contribution in [3.63, 3.8) is 0 Å². The van der Waals surface area contributed by atoms with Crippen LogP contribution in [0.4, 0.5) is 0 Å². The third kappa shape index (κ3) is 2.38. The Balaban J connectivity index is 1.84. The molecule has 0 aliphatic carbocycles. The topological polar surface area (TPSA) is 47.7 Å². The summed E-state index contributed by atoms with van der Waals surface area (Å²) in [6.45, 7) is 5.17. The first-order chi connectivity index (χ1) is 7.79. The predicted octanol–water partition coefficient (Wildman–Crippen LogP) is 1.01. The van der Waals surface area contributed by atoms with Crippen LogP contribution in [0.2, 0.25) is 0 Å². The average Bonchev–Trinajstić information content (AvgIpc) is 2.89. The first-order valence-electron chi connectivity index (χ1n) is 5.12. The molecular formula is C11H15N5. The second kappa shape index (κ2) is 4.76. The van der Waals surface area contributed by atoms with Gasteiger partial charge in [-0.05, 0) is 0 Å². The summed E-state index contributed by atoms with van der Waals surface area (Å²) in [6, 6.07) is 0. The summed E-state index contributed by atoms with van der Waals surface area (Å²) in [6.07, 6.45) is 9.17. The molecule has 0 spiro atoms. The van der Waals surface area contributed by atoms with Crippen LogP contribution in [0.1, 0.15) is 11.4 Å². The van der Waals surface area contributed by atoms with E-state index in [0.717, 1.165) is 24.5 Å². The molecule has 0 bridgehead atoms. The van der Waals surface area contributed by atoms with Crippen molar-refractivity contribution in [2.24, 2.45) is 7.05 Å². The number of imidazole rings is 1. The van der Waals surface area contributed by atoms with E-state index in [9.17, 15) is 0 Å². The van der Waals surface area contributed by atoms with Gasteiger partial charge in [-0.3, -0.25) is 0 Å². The molecule has 2 aromatic heterocycles. The summed E-state index contributed by atoms with van der Waals surface area (Å²) in [5, 5.41) is 7.42. The maximum Gasteiger partial charge on any atom is 0.122 e. The van der Waals surface area contributed by atoms with Gasteiger partial charge in [0.15, 0.2) is 0 Å². The van der Waals surface area contributed by atoms with Gasteiger partial charge in [0.1, 0.15) is 5.82 Å². The van der Waals surface area contributed by atoms with Gasteiger partial charge in [0.2, 0.25) is 0 Å². The summed E-state index contributed by atoms with van der Waals surface area (Å²) in [5.74, 6) is 1.02. The Kier molecular flexibility index (Phi) is 3.16. The number of aryl methyl sites for hydroxylation is 1. The molecule has 5 heteroatoms. The molecule has 0 radical (unpaired) electrons. The largest absolute Gasteiger partial charge is 0.337 e. The standard InChI is InChI=1S/C11H15N5/c1-3-16-9-10(7-14-16)6-12-8-11-13-4-5-15(11)2/h3-5,7,9,12H,1,6,8H2,2H3. The molecule has 5 nitrogen and oxygen atoms in total. The monoisotopic (exact) mass is 217 g/mol. The highest BCUT2D eigenvalue weighted by atomic mass is 15.2. The van der Waals surface area contributed by atoms with Gasteiger partial charge in [-0.1, -0.05) is 6.58 Å². The Hall–Kier alpha value is -1.88. The van der Waals surface area contributed by atoms with Crippen LogP contribution in [0.3, 0.4) is 0 Å². The maximum absolute atomic E-state index is 4.23. The molecule has 2 aromatic rings. The first kappa shape index (κ1) is 10.6. The Bertz CT molecular complexity index is 468. The molecular weight excluding hydrogens is 202 g/mol. The molecule has 16 heavy (non-hydrogen) atoms. The fraction of sp³-hybridized carbons (Fsp3) is 0.273. The zero-order valence-corrected chi connectivity index (χ0v) is 9.30. The SMILES string of the molecule is C=Cn1cc(CNCc2nccn2C)cn1. The van der Waals surface area contributed by atoms with Gasteiger partial charge < -0.3 is 9.88 Å². The molecule has 0 aliphatic rings. The molecule has 0 unspecified atom stereocenters. The van der Waals surface area contributed by atoms with E-state index in [1.54, 1.807) is 17.1 Å². The van der Waals surface area contributed by atoms with Crippen molar-refractivity contribution in [2.45, 2.75) is 13.1 Å². The molecule has 0 fully saturated rings. The van der Waals surface area contributed by atoms with Gasteiger partial charge >= 0.3 is 0 Å². The van der Waals surface area contributed by atoms with Crippen LogP contribution in [0.15, 0.2) is 31.4 Å². The third-order valence-corrected chi connectivity index (χ3v) is 2.38. The minimum absolute atomic E-state index is 0.753. The molecule has 2 rings (SSSR count). The lowest BCUT2D eigenvalue weighted by atomic mass is 10.3. The minimum Gasteiger partial charge on any atom is -0.337 e. The van der Waals surface area contributed by atoms with Crippen molar-refractivity contribution in [3.05, 3.63) is 42.8 Å². The molecule has 84 valence electrons. The van der Waals surface area contributed by atoms with Crippen molar-refractivity contribution in [3.8, 4) is 0 Å². The third-order valence-electron chi connectivity index (χ3n) is 2.38. The van der Waals surface area contributed by atoms with Crippen molar-refractivity contribution in [2.75, 3.05) is 0 Å². The van der Waals surface area contributed by atoms with Crippen LogP contribution in [0.5, 0.6) is 0 Å². The van der Waals surface area contributed by atoms with E-state index in [-0.39, 0.29) is 0 Å². The Morgan fingerprint density at radius 3 is 3.00 bits per heavy atom. The van der Waals surface area contributed by atoms with E-state index in [1.165, 1.54) is 0 Å². The van der Waals surface area contributed by atoms with Gasteiger partial charge in [-0.25, -0.2) is 9.67 Å². The van der Waals surface area contributed by atoms with Crippen LogP contribution in [0, 0.1) is 0 Å². The highest BCUT2D eigenvalue weighted by molar-refractivity contribution is 5.17. The van der Waals surface area contributed by atoms with Crippen LogP contribution in [-0.2, 0) is 20.1 Å². The molecule has 0 saturated heterocycles. The second-order valence-corrected chi connectivity index (χ2v) is 3.57. The number of rotatable bonds is 5. The lowest BCUT2D eigenvalue weighted by molar-refractivity contribution is 0.639. The van der Waals surface area contributed by atoms with Gasteiger partial charge in [0, 0.05) is 43.9 Å². The average molecular weight is 217 g/mol. The number of nitrogens with one attached hydrogen (secondary N) is 1. The normalized spacial score (nSPS) is 10.6. The quantitative estimate of drug-likeness (QED) is 0.813. The van der Waals surface area contributed by atoms with Crippen LogP contribution >= 0.6 is 0 Å². The summed E-state index contributed by atoms with van der Waals surface area (Å²) in [7, 11) is 1.99. The Morgan fingerprint density at radius 2 is 2.38 bits per heavy atom. The maximum atomic E-state index is 4.23. The molecule has 0 aliphatic heterocycles. The van der Waals surface area contributed by atoms with E-state index in [4.69, 9.17) is 0 Å². The molecule has 0 saturated carbocycles. The number of nitrogens with zero attached hydrogens (tertiary/aromatic N) is 4. The van der Waals surface area contributed by atoms with Gasteiger partial charge in [-0.2, -0.15) is 5.10 Å². The minimum atomic E-state index is 0.753.